The van der Waals surface area contributed by atoms with Gasteiger partial charge in [0.05, 0.1) is 12.5 Å². The molecule has 1 saturated carbocycles. The second-order valence-corrected chi connectivity index (χ2v) is 5.94. The van der Waals surface area contributed by atoms with Crippen LogP contribution < -0.4 is 4.74 Å². The Morgan fingerprint density at radius 1 is 1.35 bits per heavy atom. The number of alkyl halides is 2. The number of hydrogen-bond acceptors (Lipinski definition) is 2. The molecule has 1 heterocycles. The van der Waals surface area contributed by atoms with Crippen molar-refractivity contribution in [3.8, 4) is 5.75 Å². The molecule has 2 aliphatic rings. The number of ether oxygens (including phenoxy) is 1. The maximum absolute atomic E-state index is 13.6. The Labute approximate surface area is 116 Å². The molecule has 0 radical (unpaired) electrons. The molecule has 20 heavy (non-hydrogen) atoms. The molecule has 110 valence electrons. The van der Waals surface area contributed by atoms with E-state index >= 15 is 0 Å². The molecule has 1 saturated heterocycles. The fraction of sp³-hybridized carbons (Fsp3) is 0.600. The van der Waals surface area contributed by atoms with Crippen molar-refractivity contribution in [3.63, 3.8) is 0 Å². The highest BCUT2D eigenvalue weighted by Gasteiger charge is 2.71. The predicted octanol–water partition coefficient (Wildman–Crippen LogP) is 3.46. The molecule has 0 bridgehead atoms. The van der Waals surface area contributed by atoms with Crippen LogP contribution in [0.15, 0.2) is 18.2 Å². The first-order valence-corrected chi connectivity index (χ1v) is 6.88. The molecule has 1 spiro atoms. The van der Waals surface area contributed by atoms with E-state index in [0.717, 1.165) is 18.5 Å². The Kier molecular flexibility index (Phi) is 3.20. The summed E-state index contributed by atoms with van der Waals surface area (Å²) in [7, 11) is 1.42. The lowest BCUT2D eigenvalue weighted by Crippen LogP contribution is -2.38. The molecule has 1 atom stereocenters. The molecule has 0 amide bonds. The number of benzene rings is 1. The van der Waals surface area contributed by atoms with Gasteiger partial charge in [0.25, 0.3) is 5.92 Å². The van der Waals surface area contributed by atoms with E-state index in [9.17, 15) is 13.2 Å². The van der Waals surface area contributed by atoms with Crippen molar-refractivity contribution in [1.82, 2.24) is 4.90 Å². The quantitative estimate of drug-likeness (QED) is 0.843. The average molecular weight is 285 g/mol. The lowest BCUT2D eigenvalue weighted by atomic mass is 9.94. The zero-order valence-electron chi connectivity index (χ0n) is 11.5. The summed E-state index contributed by atoms with van der Waals surface area (Å²) in [6, 6.07) is 4.79. The fourth-order valence-electron chi connectivity index (χ4n) is 3.25. The highest BCUT2D eigenvalue weighted by atomic mass is 19.3. The third-order valence-electron chi connectivity index (χ3n) is 4.49. The highest BCUT2D eigenvalue weighted by molar-refractivity contribution is 5.29. The summed E-state index contributed by atoms with van der Waals surface area (Å²) in [6.45, 7) is 1.72. The first kappa shape index (κ1) is 13.7. The van der Waals surface area contributed by atoms with Crippen LogP contribution in [0.3, 0.4) is 0 Å². The Balaban J connectivity index is 1.67. The summed E-state index contributed by atoms with van der Waals surface area (Å²) in [6.07, 6.45) is 1.40. The lowest BCUT2D eigenvalue weighted by molar-refractivity contribution is 0.0227. The minimum absolute atomic E-state index is 0.00741. The zero-order valence-corrected chi connectivity index (χ0v) is 11.5. The maximum atomic E-state index is 13.6. The second-order valence-electron chi connectivity index (χ2n) is 5.94. The first-order valence-electron chi connectivity index (χ1n) is 6.88. The van der Waals surface area contributed by atoms with Gasteiger partial charge in [-0.1, -0.05) is 6.07 Å². The summed E-state index contributed by atoms with van der Waals surface area (Å²) >= 11 is 0. The number of piperidine rings is 1. The molecule has 1 aromatic carbocycles. The summed E-state index contributed by atoms with van der Waals surface area (Å²) in [4.78, 5) is 2.01. The van der Waals surface area contributed by atoms with Crippen LogP contribution in [0.2, 0.25) is 0 Å². The molecule has 2 fully saturated rings. The van der Waals surface area contributed by atoms with Gasteiger partial charge in [0.15, 0.2) is 11.6 Å². The Hall–Kier alpha value is -1.23. The van der Waals surface area contributed by atoms with Gasteiger partial charge in [-0.25, -0.2) is 13.2 Å². The lowest BCUT2D eigenvalue weighted by Gasteiger charge is -2.33. The van der Waals surface area contributed by atoms with Crippen molar-refractivity contribution in [2.45, 2.75) is 31.7 Å². The van der Waals surface area contributed by atoms with Gasteiger partial charge >= 0.3 is 0 Å². The highest BCUT2D eigenvalue weighted by Crippen LogP contribution is 2.64. The van der Waals surface area contributed by atoms with E-state index in [2.05, 4.69) is 0 Å². The van der Waals surface area contributed by atoms with Crippen molar-refractivity contribution in [2.75, 3.05) is 20.2 Å². The number of likely N-dealkylation sites (tertiary alicyclic amines) is 1. The smallest absolute Gasteiger partial charge is 0.255 e. The summed E-state index contributed by atoms with van der Waals surface area (Å²) < 4.78 is 45.4. The van der Waals surface area contributed by atoms with Crippen LogP contribution in [0.4, 0.5) is 13.2 Å². The molecule has 2 nitrogen and oxygen atoms in total. The van der Waals surface area contributed by atoms with Gasteiger partial charge in [-0.15, -0.1) is 0 Å². The van der Waals surface area contributed by atoms with Crippen LogP contribution in [0.25, 0.3) is 0 Å². The minimum atomic E-state index is -2.50. The molecule has 0 aromatic heterocycles. The molecule has 3 rings (SSSR count). The summed E-state index contributed by atoms with van der Waals surface area (Å²) in [5.74, 6) is -2.71. The van der Waals surface area contributed by atoms with Gasteiger partial charge in [-0.05, 0) is 37.1 Å². The molecule has 1 aliphatic heterocycles. The van der Waals surface area contributed by atoms with Gasteiger partial charge in [-0.2, -0.15) is 0 Å². The number of hydrogen-bond donors (Lipinski definition) is 0. The van der Waals surface area contributed by atoms with Crippen LogP contribution in [0, 0.1) is 11.2 Å². The normalized spacial score (nSPS) is 28.6. The van der Waals surface area contributed by atoms with Crippen molar-refractivity contribution < 1.29 is 17.9 Å². The van der Waals surface area contributed by atoms with E-state index in [0.29, 0.717) is 19.5 Å². The molecular weight excluding hydrogens is 267 g/mol. The number of methoxy groups -OCH3 is 1. The van der Waals surface area contributed by atoms with E-state index in [4.69, 9.17) is 4.74 Å². The SMILES string of the molecule is COc1ccc(CN2CCCC3(C2)CC3(F)F)cc1F. The molecule has 1 unspecified atom stereocenters. The van der Waals surface area contributed by atoms with Gasteiger partial charge in [0.2, 0.25) is 0 Å². The van der Waals surface area contributed by atoms with Crippen LogP contribution >= 0.6 is 0 Å². The largest absolute Gasteiger partial charge is 0.494 e. The van der Waals surface area contributed by atoms with E-state index in [-0.39, 0.29) is 12.2 Å². The number of rotatable bonds is 3. The number of halogens is 3. The third-order valence-corrected chi connectivity index (χ3v) is 4.49. The summed E-state index contributed by atoms with van der Waals surface area (Å²) in [5, 5.41) is 0. The van der Waals surface area contributed by atoms with E-state index in [1.165, 1.54) is 13.2 Å². The standard InChI is InChI=1S/C15H18F3NO/c1-20-13-4-3-11(7-12(13)16)8-19-6-2-5-14(10-19)9-15(14,17)18/h3-4,7H,2,5-6,8-10H2,1H3. The Bertz CT molecular complexity index is 520. The van der Waals surface area contributed by atoms with Crippen molar-refractivity contribution in [3.05, 3.63) is 29.6 Å². The van der Waals surface area contributed by atoms with Crippen LogP contribution in [0.1, 0.15) is 24.8 Å². The molecule has 5 heteroatoms. The zero-order chi connectivity index (χ0) is 14.4. The Morgan fingerprint density at radius 2 is 2.10 bits per heavy atom. The monoisotopic (exact) mass is 285 g/mol. The Morgan fingerprint density at radius 3 is 2.70 bits per heavy atom. The van der Waals surface area contributed by atoms with E-state index < -0.39 is 17.2 Å². The number of nitrogens with zero attached hydrogens (tertiary/aromatic N) is 1. The second kappa shape index (κ2) is 4.65. The van der Waals surface area contributed by atoms with E-state index in [1.54, 1.807) is 12.1 Å². The van der Waals surface area contributed by atoms with Crippen molar-refractivity contribution in [2.24, 2.45) is 5.41 Å². The van der Waals surface area contributed by atoms with Gasteiger partial charge in [0, 0.05) is 19.5 Å². The van der Waals surface area contributed by atoms with Crippen LogP contribution in [-0.2, 0) is 6.54 Å². The predicted molar refractivity (Wildman–Crippen MR) is 69.5 cm³/mol. The van der Waals surface area contributed by atoms with Crippen molar-refractivity contribution in [1.29, 1.82) is 0 Å². The molecule has 1 aromatic rings. The molecule has 0 N–H and O–H groups in total. The van der Waals surface area contributed by atoms with Crippen LogP contribution in [0.5, 0.6) is 5.75 Å². The minimum Gasteiger partial charge on any atom is -0.494 e. The van der Waals surface area contributed by atoms with Gasteiger partial charge in [0.1, 0.15) is 0 Å². The van der Waals surface area contributed by atoms with Gasteiger partial charge < -0.3 is 4.74 Å². The third kappa shape index (κ3) is 2.28. The first-order chi connectivity index (χ1) is 9.46. The molecule has 1 aliphatic carbocycles. The van der Waals surface area contributed by atoms with E-state index in [1.807, 2.05) is 4.90 Å². The summed E-state index contributed by atoms with van der Waals surface area (Å²) in [5.41, 5.74) is -0.0136. The molecular formula is C15H18F3NO. The van der Waals surface area contributed by atoms with Crippen LogP contribution in [-0.4, -0.2) is 31.0 Å². The van der Waals surface area contributed by atoms with Gasteiger partial charge in [-0.3, -0.25) is 4.90 Å². The van der Waals surface area contributed by atoms with Crippen molar-refractivity contribution >= 4 is 0 Å². The fourth-order valence-corrected chi connectivity index (χ4v) is 3.25. The topological polar surface area (TPSA) is 12.5 Å². The average Bonchev–Trinajstić information content (AvgIpc) is 2.89. The maximum Gasteiger partial charge on any atom is 0.255 e.